The standard InChI is InChI=1S/C56H55N/c1-54(2,3)41-31-33-44(34-32-41)57(51-29-14-12-24-48(51)47-27-16-20-38-19-10-11-23-45(38)47)52-30-15-13-25-49(52)50-28-18-22-39-21-17-26-46(53(39)50)40-35-42(55(4,5)6)37-43(36-40)56(7,8)9/h10-37H,1-9H3. The van der Waals surface area contributed by atoms with Gasteiger partial charge in [-0.15, -0.1) is 0 Å². The van der Waals surface area contributed by atoms with Crippen LogP contribution in [0.3, 0.4) is 0 Å². The molecule has 8 aromatic carbocycles. The van der Waals surface area contributed by atoms with E-state index in [0.717, 1.165) is 17.1 Å². The lowest BCUT2D eigenvalue weighted by atomic mass is 9.78. The average Bonchev–Trinajstić information content (AvgIpc) is 3.20. The van der Waals surface area contributed by atoms with Crippen molar-refractivity contribution in [3.8, 4) is 33.4 Å². The molecular weight excluding hydrogens is 687 g/mol. The van der Waals surface area contributed by atoms with Gasteiger partial charge in [0.05, 0.1) is 11.4 Å². The minimum Gasteiger partial charge on any atom is -0.309 e. The highest BCUT2D eigenvalue weighted by Gasteiger charge is 2.25. The third-order valence-corrected chi connectivity index (χ3v) is 11.5. The lowest BCUT2D eigenvalue weighted by molar-refractivity contribution is 0.569. The van der Waals surface area contributed by atoms with Crippen LogP contribution in [0.5, 0.6) is 0 Å². The fourth-order valence-corrected chi connectivity index (χ4v) is 8.23. The minimum absolute atomic E-state index is 0.0104. The predicted molar refractivity (Wildman–Crippen MR) is 249 cm³/mol. The topological polar surface area (TPSA) is 3.24 Å². The lowest BCUT2D eigenvalue weighted by Crippen LogP contribution is -2.16. The van der Waals surface area contributed by atoms with Gasteiger partial charge in [0.15, 0.2) is 0 Å². The van der Waals surface area contributed by atoms with E-state index in [1.807, 2.05) is 0 Å². The quantitative estimate of drug-likeness (QED) is 0.164. The molecule has 0 fully saturated rings. The third-order valence-electron chi connectivity index (χ3n) is 11.5. The number of rotatable bonds is 6. The Labute approximate surface area is 340 Å². The largest absolute Gasteiger partial charge is 0.309 e. The number of hydrogen-bond acceptors (Lipinski definition) is 1. The van der Waals surface area contributed by atoms with Gasteiger partial charge in [-0.25, -0.2) is 0 Å². The normalized spacial score (nSPS) is 12.3. The van der Waals surface area contributed by atoms with Crippen LogP contribution >= 0.6 is 0 Å². The summed E-state index contributed by atoms with van der Waals surface area (Å²) in [7, 11) is 0. The highest BCUT2D eigenvalue weighted by atomic mass is 15.1. The minimum atomic E-state index is 0.0104. The number of anilines is 3. The maximum Gasteiger partial charge on any atom is 0.0540 e. The Morgan fingerprint density at radius 3 is 1.35 bits per heavy atom. The van der Waals surface area contributed by atoms with Gasteiger partial charge in [0.25, 0.3) is 0 Å². The Morgan fingerprint density at radius 2 is 0.772 bits per heavy atom. The number of nitrogens with zero attached hydrogens (tertiary/aromatic N) is 1. The van der Waals surface area contributed by atoms with Crippen LogP contribution in [0.2, 0.25) is 0 Å². The molecule has 0 aliphatic heterocycles. The van der Waals surface area contributed by atoms with Gasteiger partial charge >= 0.3 is 0 Å². The van der Waals surface area contributed by atoms with Crippen molar-refractivity contribution >= 4 is 38.6 Å². The summed E-state index contributed by atoms with van der Waals surface area (Å²) in [4.78, 5) is 2.48. The summed E-state index contributed by atoms with van der Waals surface area (Å²) in [5, 5.41) is 4.98. The van der Waals surface area contributed by atoms with Crippen molar-refractivity contribution in [2.45, 2.75) is 78.6 Å². The van der Waals surface area contributed by atoms with E-state index in [1.165, 1.54) is 71.6 Å². The summed E-state index contributed by atoms with van der Waals surface area (Å²) in [5.41, 5.74) is 14.8. The molecule has 284 valence electrons. The molecule has 0 aliphatic carbocycles. The molecule has 0 aromatic heterocycles. The average molecular weight is 742 g/mol. The Morgan fingerprint density at radius 1 is 0.333 bits per heavy atom. The Balaban J connectivity index is 1.41. The van der Waals surface area contributed by atoms with Crippen LogP contribution in [0.25, 0.3) is 54.9 Å². The third kappa shape index (κ3) is 7.40. The van der Waals surface area contributed by atoms with Crippen LogP contribution in [-0.2, 0) is 16.2 Å². The summed E-state index contributed by atoms with van der Waals surface area (Å²) in [6, 6.07) is 63.4. The summed E-state index contributed by atoms with van der Waals surface area (Å²) in [6.07, 6.45) is 0. The van der Waals surface area contributed by atoms with Gasteiger partial charge in [-0.2, -0.15) is 0 Å². The highest BCUT2D eigenvalue weighted by Crippen LogP contribution is 2.48. The number of benzene rings is 8. The van der Waals surface area contributed by atoms with Crippen molar-refractivity contribution in [1.29, 1.82) is 0 Å². The van der Waals surface area contributed by atoms with Crippen LogP contribution in [0.4, 0.5) is 17.1 Å². The van der Waals surface area contributed by atoms with E-state index in [9.17, 15) is 0 Å². The van der Waals surface area contributed by atoms with Gasteiger partial charge in [0.2, 0.25) is 0 Å². The molecule has 0 bridgehead atoms. The molecule has 0 heterocycles. The second-order valence-electron chi connectivity index (χ2n) is 18.7. The van der Waals surface area contributed by atoms with E-state index >= 15 is 0 Å². The molecule has 8 rings (SSSR count). The lowest BCUT2D eigenvalue weighted by Gasteiger charge is -2.31. The maximum absolute atomic E-state index is 2.48. The Bertz CT molecular complexity index is 2680. The first-order valence-corrected chi connectivity index (χ1v) is 20.4. The van der Waals surface area contributed by atoms with Crippen LogP contribution in [-0.4, -0.2) is 0 Å². The predicted octanol–water partition coefficient (Wildman–Crippen LogP) is 16.4. The molecule has 8 aromatic rings. The smallest absolute Gasteiger partial charge is 0.0540 e. The zero-order chi connectivity index (χ0) is 40.1. The Kier molecular flexibility index (Phi) is 9.69. The van der Waals surface area contributed by atoms with E-state index < -0.39 is 0 Å². The van der Waals surface area contributed by atoms with Crippen LogP contribution in [0.1, 0.15) is 79.0 Å². The zero-order valence-electron chi connectivity index (χ0n) is 35.1. The van der Waals surface area contributed by atoms with E-state index in [4.69, 9.17) is 0 Å². The van der Waals surface area contributed by atoms with Crippen molar-refractivity contribution in [1.82, 2.24) is 0 Å². The highest BCUT2D eigenvalue weighted by molar-refractivity contribution is 6.09. The van der Waals surface area contributed by atoms with Gasteiger partial charge < -0.3 is 4.90 Å². The van der Waals surface area contributed by atoms with Crippen molar-refractivity contribution in [2.75, 3.05) is 4.90 Å². The molecule has 0 aliphatic rings. The maximum atomic E-state index is 2.48. The molecule has 0 N–H and O–H groups in total. The van der Waals surface area contributed by atoms with Crippen LogP contribution in [0, 0.1) is 0 Å². The van der Waals surface area contributed by atoms with E-state index in [0.29, 0.717) is 0 Å². The van der Waals surface area contributed by atoms with Crippen molar-refractivity contribution in [2.24, 2.45) is 0 Å². The summed E-state index contributed by atoms with van der Waals surface area (Å²) in [5.74, 6) is 0. The first-order valence-electron chi connectivity index (χ1n) is 20.4. The van der Waals surface area contributed by atoms with Gasteiger partial charge in [-0.3, -0.25) is 0 Å². The first kappa shape index (κ1) is 38.0. The number of fused-ring (bicyclic) bond motifs is 2. The zero-order valence-corrected chi connectivity index (χ0v) is 35.1. The molecule has 0 unspecified atom stereocenters. The van der Waals surface area contributed by atoms with Crippen molar-refractivity contribution < 1.29 is 0 Å². The molecule has 0 amide bonds. The van der Waals surface area contributed by atoms with Crippen LogP contribution < -0.4 is 4.90 Å². The second-order valence-corrected chi connectivity index (χ2v) is 18.7. The second kappa shape index (κ2) is 14.5. The molecule has 57 heavy (non-hydrogen) atoms. The SMILES string of the molecule is CC(C)(C)c1ccc(N(c2ccccc2-c2cccc3ccccc23)c2ccccc2-c2cccc3cccc(-c4cc(C(C)(C)C)cc(C(C)(C)C)c4)c23)cc1. The fraction of sp³-hybridized carbons (Fsp3) is 0.214. The molecular formula is C56H55N. The van der Waals surface area contributed by atoms with Gasteiger partial charge in [-0.1, -0.05) is 208 Å². The van der Waals surface area contributed by atoms with E-state index in [1.54, 1.807) is 0 Å². The Hall–Kier alpha value is -5.92. The summed E-state index contributed by atoms with van der Waals surface area (Å²) in [6.45, 7) is 20.8. The van der Waals surface area contributed by atoms with Crippen molar-refractivity contribution in [3.63, 3.8) is 0 Å². The van der Waals surface area contributed by atoms with Gasteiger partial charge in [-0.05, 0) is 101 Å². The van der Waals surface area contributed by atoms with Gasteiger partial charge in [0.1, 0.15) is 0 Å². The summed E-state index contributed by atoms with van der Waals surface area (Å²) < 4.78 is 0. The molecule has 0 saturated heterocycles. The van der Waals surface area contributed by atoms with E-state index in [-0.39, 0.29) is 16.2 Å². The fourth-order valence-electron chi connectivity index (χ4n) is 8.23. The van der Waals surface area contributed by atoms with Crippen molar-refractivity contribution in [3.05, 3.63) is 187 Å². The molecule has 1 nitrogen and oxygen atoms in total. The molecule has 0 spiro atoms. The molecule has 0 saturated carbocycles. The number of para-hydroxylation sites is 2. The molecule has 0 radical (unpaired) electrons. The molecule has 0 atom stereocenters. The summed E-state index contributed by atoms with van der Waals surface area (Å²) >= 11 is 0. The van der Waals surface area contributed by atoms with E-state index in [2.05, 4.69) is 237 Å². The molecule has 1 heteroatoms. The first-order chi connectivity index (χ1) is 27.2. The van der Waals surface area contributed by atoms with Gasteiger partial charge in [0, 0.05) is 16.8 Å². The number of hydrogen-bond donors (Lipinski definition) is 0. The van der Waals surface area contributed by atoms with Crippen LogP contribution in [0.15, 0.2) is 170 Å². The monoisotopic (exact) mass is 741 g/mol.